The summed E-state index contributed by atoms with van der Waals surface area (Å²) in [5.41, 5.74) is 0.183. The lowest BCUT2D eigenvalue weighted by Crippen LogP contribution is -2.47. The third-order valence-corrected chi connectivity index (χ3v) is 5.13. The highest BCUT2D eigenvalue weighted by atomic mass is 16.5. The number of methoxy groups -OCH3 is 2. The lowest BCUT2D eigenvalue weighted by molar-refractivity contribution is -0.129. The highest BCUT2D eigenvalue weighted by Gasteiger charge is 2.53. The van der Waals surface area contributed by atoms with Gasteiger partial charge in [0.2, 0.25) is 11.8 Å². The van der Waals surface area contributed by atoms with Crippen LogP contribution in [-0.4, -0.2) is 56.7 Å². The van der Waals surface area contributed by atoms with Crippen LogP contribution in [0.2, 0.25) is 0 Å². The van der Waals surface area contributed by atoms with Crippen molar-refractivity contribution in [1.29, 1.82) is 0 Å². The first kappa shape index (κ1) is 16.8. The van der Waals surface area contributed by atoms with Gasteiger partial charge in [0.15, 0.2) is 0 Å². The van der Waals surface area contributed by atoms with Gasteiger partial charge in [-0.15, -0.1) is 0 Å². The zero-order valence-corrected chi connectivity index (χ0v) is 14.2. The van der Waals surface area contributed by atoms with E-state index in [0.717, 1.165) is 17.7 Å². The van der Waals surface area contributed by atoms with Gasteiger partial charge < -0.3 is 19.7 Å². The second kappa shape index (κ2) is 6.81. The summed E-state index contributed by atoms with van der Waals surface area (Å²) in [4.78, 5) is 27.0. The number of nitrogens with zero attached hydrogens (tertiary/aromatic N) is 1. The highest BCUT2D eigenvalue weighted by molar-refractivity contribution is 5.91. The molecule has 24 heavy (non-hydrogen) atoms. The second-order valence-corrected chi connectivity index (χ2v) is 6.48. The van der Waals surface area contributed by atoms with E-state index < -0.39 is 5.41 Å². The molecule has 6 nitrogen and oxygen atoms in total. The summed E-state index contributed by atoms with van der Waals surface area (Å²) in [5, 5.41) is 2.96. The zero-order chi connectivity index (χ0) is 17.2. The zero-order valence-electron chi connectivity index (χ0n) is 14.2. The fraction of sp³-hybridized carbons (Fsp3) is 0.556. The first-order chi connectivity index (χ1) is 11.6. The molecule has 0 aliphatic carbocycles. The van der Waals surface area contributed by atoms with E-state index in [4.69, 9.17) is 9.47 Å². The summed E-state index contributed by atoms with van der Waals surface area (Å²) < 4.78 is 10.3. The Kier molecular flexibility index (Phi) is 4.76. The lowest BCUT2D eigenvalue weighted by Gasteiger charge is -2.29. The van der Waals surface area contributed by atoms with Crippen molar-refractivity contribution < 1.29 is 19.1 Å². The molecule has 1 aromatic rings. The molecule has 2 fully saturated rings. The van der Waals surface area contributed by atoms with Gasteiger partial charge in [-0.3, -0.25) is 9.59 Å². The molecule has 2 amide bonds. The fourth-order valence-corrected chi connectivity index (χ4v) is 3.84. The third-order valence-electron chi connectivity index (χ3n) is 5.13. The molecule has 1 aromatic carbocycles. The number of nitrogens with one attached hydrogen (secondary N) is 1. The topological polar surface area (TPSA) is 67.9 Å². The molecule has 6 heteroatoms. The minimum Gasteiger partial charge on any atom is -0.497 e. The summed E-state index contributed by atoms with van der Waals surface area (Å²) in [6, 6.07) is 7.76. The van der Waals surface area contributed by atoms with Crippen LogP contribution in [0.25, 0.3) is 0 Å². The number of fused-ring (bicyclic) bond motifs is 1. The molecule has 0 radical (unpaired) electrons. The Morgan fingerprint density at radius 2 is 2.25 bits per heavy atom. The molecule has 0 aromatic heterocycles. The van der Waals surface area contributed by atoms with Crippen molar-refractivity contribution in [2.75, 3.05) is 33.9 Å². The average Bonchev–Trinajstić information content (AvgIpc) is 3.15. The maximum atomic E-state index is 13.0. The van der Waals surface area contributed by atoms with E-state index in [-0.39, 0.29) is 17.9 Å². The number of carbonyl (C=O) groups is 2. The molecule has 0 unspecified atom stereocenters. The van der Waals surface area contributed by atoms with Crippen molar-refractivity contribution >= 4 is 11.8 Å². The summed E-state index contributed by atoms with van der Waals surface area (Å²) in [6.45, 7) is 1.36. The van der Waals surface area contributed by atoms with Gasteiger partial charge in [-0.2, -0.15) is 0 Å². The van der Waals surface area contributed by atoms with Gasteiger partial charge in [0.1, 0.15) is 5.75 Å². The van der Waals surface area contributed by atoms with Gasteiger partial charge in [0.05, 0.1) is 19.1 Å². The maximum absolute atomic E-state index is 13.0. The molecule has 130 valence electrons. The van der Waals surface area contributed by atoms with Crippen LogP contribution in [0.5, 0.6) is 5.75 Å². The van der Waals surface area contributed by atoms with Crippen LogP contribution in [0.4, 0.5) is 0 Å². The van der Waals surface area contributed by atoms with Crippen LogP contribution in [0.15, 0.2) is 24.3 Å². The molecule has 1 N–H and O–H groups in total. The van der Waals surface area contributed by atoms with Crippen molar-refractivity contribution in [2.45, 2.75) is 30.7 Å². The molecular weight excluding hydrogens is 308 g/mol. The van der Waals surface area contributed by atoms with Crippen molar-refractivity contribution in [3.05, 3.63) is 29.8 Å². The van der Waals surface area contributed by atoms with Crippen molar-refractivity contribution in [3.8, 4) is 5.75 Å². The van der Waals surface area contributed by atoms with Crippen LogP contribution in [0.3, 0.4) is 0 Å². The molecule has 0 spiro atoms. The van der Waals surface area contributed by atoms with E-state index in [2.05, 4.69) is 5.32 Å². The van der Waals surface area contributed by atoms with Crippen LogP contribution >= 0.6 is 0 Å². The molecular formula is C18H24N2O4. The SMILES string of the molecule is COCCNC(=O)[C@@]1(c2cccc(OC)c2)C[C@@H]2CCC(=O)N2C1. The molecule has 2 atom stereocenters. The van der Waals surface area contributed by atoms with Crippen LogP contribution in [0.1, 0.15) is 24.8 Å². The predicted octanol–water partition coefficient (Wildman–Crippen LogP) is 1.09. The van der Waals surface area contributed by atoms with E-state index in [1.807, 2.05) is 29.2 Å². The van der Waals surface area contributed by atoms with E-state index in [9.17, 15) is 9.59 Å². The maximum Gasteiger partial charge on any atom is 0.232 e. The Bertz CT molecular complexity index is 633. The van der Waals surface area contributed by atoms with E-state index >= 15 is 0 Å². The normalized spacial score (nSPS) is 25.7. The summed E-state index contributed by atoms with van der Waals surface area (Å²) in [7, 11) is 3.22. The Hall–Kier alpha value is -2.08. The molecule has 2 aliphatic heterocycles. The third kappa shape index (κ3) is 2.86. The van der Waals surface area contributed by atoms with Gasteiger partial charge in [-0.1, -0.05) is 12.1 Å². The fourth-order valence-electron chi connectivity index (χ4n) is 3.84. The number of carbonyl (C=O) groups excluding carboxylic acids is 2. The van der Waals surface area contributed by atoms with Gasteiger partial charge in [0.25, 0.3) is 0 Å². The van der Waals surface area contributed by atoms with Crippen molar-refractivity contribution in [2.24, 2.45) is 0 Å². The highest BCUT2D eigenvalue weighted by Crippen LogP contribution is 2.43. The second-order valence-electron chi connectivity index (χ2n) is 6.48. The van der Waals surface area contributed by atoms with E-state index in [1.165, 1.54) is 0 Å². The summed E-state index contributed by atoms with van der Waals surface area (Å²) >= 11 is 0. The van der Waals surface area contributed by atoms with Crippen molar-refractivity contribution in [3.63, 3.8) is 0 Å². The molecule has 2 saturated heterocycles. The van der Waals surface area contributed by atoms with Gasteiger partial charge >= 0.3 is 0 Å². The Morgan fingerprint density at radius 1 is 1.42 bits per heavy atom. The number of benzene rings is 1. The van der Waals surface area contributed by atoms with Gasteiger partial charge in [-0.25, -0.2) is 0 Å². The first-order valence-corrected chi connectivity index (χ1v) is 8.32. The van der Waals surface area contributed by atoms with E-state index in [1.54, 1.807) is 14.2 Å². The Morgan fingerprint density at radius 3 is 2.96 bits per heavy atom. The Labute approximate surface area is 142 Å². The average molecular weight is 332 g/mol. The monoisotopic (exact) mass is 332 g/mol. The molecule has 3 rings (SSSR count). The number of hydrogen-bond acceptors (Lipinski definition) is 4. The standard InChI is InChI=1S/C18H24N2O4/c1-23-9-8-19-17(22)18(13-4-3-5-15(10-13)24-2)11-14-6-7-16(21)20(14)12-18/h3-5,10,14H,6-9,11-12H2,1-2H3,(H,19,22)/t14-,18-/m0/s1. The number of ether oxygens (including phenoxy) is 2. The molecule has 2 aliphatic rings. The minimum atomic E-state index is -0.719. The number of amides is 2. The lowest BCUT2D eigenvalue weighted by atomic mass is 9.76. The summed E-state index contributed by atoms with van der Waals surface area (Å²) in [6.07, 6.45) is 2.07. The van der Waals surface area contributed by atoms with Gasteiger partial charge in [-0.05, 0) is 30.5 Å². The van der Waals surface area contributed by atoms with E-state index in [0.29, 0.717) is 32.5 Å². The number of rotatable bonds is 6. The van der Waals surface area contributed by atoms with Crippen molar-refractivity contribution in [1.82, 2.24) is 10.2 Å². The van der Waals surface area contributed by atoms with Crippen LogP contribution in [-0.2, 0) is 19.7 Å². The Balaban J connectivity index is 1.92. The minimum absolute atomic E-state index is 0.0463. The summed E-state index contributed by atoms with van der Waals surface area (Å²) in [5.74, 6) is 0.819. The van der Waals surface area contributed by atoms with Gasteiger partial charge in [0, 0.05) is 32.7 Å². The smallest absolute Gasteiger partial charge is 0.232 e. The van der Waals surface area contributed by atoms with Crippen LogP contribution in [0, 0.1) is 0 Å². The predicted molar refractivity (Wildman–Crippen MR) is 88.9 cm³/mol. The molecule has 2 heterocycles. The number of hydrogen-bond donors (Lipinski definition) is 1. The first-order valence-electron chi connectivity index (χ1n) is 8.32. The quantitative estimate of drug-likeness (QED) is 0.792. The van der Waals surface area contributed by atoms with Crippen LogP contribution < -0.4 is 10.1 Å². The molecule has 0 bridgehead atoms. The largest absolute Gasteiger partial charge is 0.497 e. The molecule has 0 saturated carbocycles.